The Morgan fingerprint density at radius 3 is 2.43 bits per heavy atom. The number of benzene rings is 2. The fourth-order valence-corrected chi connectivity index (χ4v) is 4.70. The topological polar surface area (TPSA) is 118 Å². The van der Waals surface area contributed by atoms with Crippen molar-refractivity contribution >= 4 is 50.2 Å². The van der Waals surface area contributed by atoms with Crippen molar-refractivity contribution in [2.24, 2.45) is 0 Å². The number of hydrogen-bond donors (Lipinski definition) is 1. The number of anilines is 1. The van der Waals surface area contributed by atoms with Gasteiger partial charge in [-0.1, -0.05) is 49.7 Å². The lowest BCUT2D eigenvalue weighted by Crippen LogP contribution is -2.19. The van der Waals surface area contributed by atoms with E-state index in [1.54, 1.807) is 12.3 Å². The highest BCUT2D eigenvalue weighted by Gasteiger charge is 2.26. The van der Waals surface area contributed by atoms with Crippen LogP contribution in [-0.4, -0.2) is 42.1 Å². The Kier molecular flexibility index (Phi) is 7.55. The second-order valence-corrected chi connectivity index (χ2v) is 11.4. The number of nitrogens with one attached hydrogen (secondary N) is 1. The van der Waals surface area contributed by atoms with Crippen LogP contribution in [0.3, 0.4) is 0 Å². The number of fused-ring (bicyclic) bond motifs is 1. The number of alkyl halides is 1. The lowest BCUT2D eigenvalue weighted by atomic mass is 9.77. The maximum Gasteiger partial charge on any atom is 0.231 e. The first-order chi connectivity index (χ1) is 17.5. The lowest BCUT2D eigenvalue weighted by Gasteiger charge is -2.27. The Labute approximate surface area is 225 Å². The molecule has 0 saturated heterocycles. The van der Waals surface area contributed by atoms with Gasteiger partial charge in [0.1, 0.15) is 18.2 Å². The Bertz CT molecular complexity index is 1620. The number of ether oxygens (including phenoxy) is 1. The van der Waals surface area contributed by atoms with Gasteiger partial charge in [0.15, 0.2) is 17.2 Å². The van der Waals surface area contributed by atoms with Crippen LogP contribution >= 0.6 is 23.2 Å². The van der Waals surface area contributed by atoms with E-state index in [1.165, 1.54) is 6.20 Å². The van der Waals surface area contributed by atoms with Crippen LogP contribution in [-0.2, 0) is 15.4 Å². The number of nitrogens with zero attached hydrogens (tertiary/aromatic N) is 4. The van der Waals surface area contributed by atoms with Gasteiger partial charge in [-0.25, -0.2) is 23.4 Å². The highest BCUT2D eigenvalue weighted by Crippen LogP contribution is 2.38. The first-order valence-electron chi connectivity index (χ1n) is 11.2. The zero-order valence-electron chi connectivity index (χ0n) is 20.3. The van der Waals surface area contributed by atoms with E-state index in [4.69, 9.17) is 27.9 Å². The second-order valence-electron chi connectivity index (χ2n) is 8.88. The first-order valence-corrected chi connectivity index (χ1v) is 14.0. The van der Waals surface area contributed by atoms with Crippen LogP contribution in [0.15, 0.2) is 54.9 Å². The summed E-state index contributed by atoms with van der Waals surface area (Å²) >= 11 is 12.2. The van der Waals surface area contributed by atoms with E-state index in [2.05, 4.69) is 39.6 Å². The second kappa shape index (κ2) is 10.5. The van der Waals surface area contributed by atoms with Crippen molar-refractivity contribution in [2.45, 2.75) is 19.3 Å². The smallest absolute Gasteiger partial charge is 0.231 e. The van der Waals surface area contributed by atoms with Crippen LogP contribution in [0.4, 0.5) is 5.82 Å². The van der Waals surface area contributed by atoms with Crippen molar-refractivity contribution in [1.29, 1.82) is 5.26 Å². The summed E-state index contributed by atoms with van der Waals surface area (Å²) in [6.45, 7) is 4.38. The van der Waals surface area contributed by atoms with Crippen molar-refractivity contribution in [2.75, 3.05) is 23.5 Å². The maximum absolute atomic E-state index is 11.4. The molecule has 2 heterocycles. The van der Waals surface area contributed by atoms with Gasteiger partial charge in [-0.3, -0.25) is 4.72 Å². The van der Waals surface area contributed by atoms with Gasteiger partial charge in [0, 0.05) is 17.2 Å². The van der Waals surface area contributed by atoms with Crippen LogP contribution in [0.2, 0.25) is 5.02 Å². The number of sulfonamides is 1. The SMILES string of the molecule is CC(C)(c1ccc(-c2cnc3nc(NS(C)(=O)=O)cnc3c2)cc1)c1cc(Cl)c(OCCCl)c(C#N)c1. The largest absolute Gasteiger partial charge is 0.489 e. The van der Waals surface area contributed by atoms with Crippen molar-refractivity contribution in [3.8, 4) is 22.9 Å². The predicted molar refractivity (Wildman–Crippen MR) is 146 cm³/mol. The third kappa shape index (κ3) is 5.93. The van der Waals surface area contributed by atoms with Crippen molar-refractivity contribution < 1.29 is 13.2 Å². The average Bonchev–Trinajstić information content (AvgIpc) is 2.86. The summed E-state index contributed by atoms with van der Waals surface area (Å²) in [4.78, 5) is 12.8. The predicted octanol–water partition coefficient (Wildman–Crippen LogP) is 5.53. The minimum Gasteiger partial charge on any atom is -0.489 e. The fourth-order valence-electron chi connectivity index (χ4n) is 3.87. The molecule has 2 aromatic heterocycles. The molecule has 4 rings (SSSR count). The van der Waals surface area contributed by atoms with E-state index < -0.39 is 15.4 Å². The molecule has 0 aliphatic rings. The molecule has 0 bridgehead atoms. The van der Waals surface area contributed by atoms with E-state index in [0.29, 0.717) is 33.4 Å². The minimum absolute atomic E-state index is 0.111. The quantitative estimate of drug-likeness (QED) is 0.284. The molecule has 4 aromatic rings. The number of hydrogen-bond acceptors (Lipinski definition) is 7. The molecule has 37 heavy (non-hydrogen) atoms. The van der Waals surface area contributed by atoms with Gasteiger partial charge in [0.25, 0.3) is 0 Å². The van der Waals surface area contributed by atoms with Crippen LogP contribution in [0, 0.1) is 11.3 Å². The lowest BCUT2D eigenvalue weighted by molar-refractivity contribution is 0.341. The molecule has 0 saturated carbocycles. The highest BCUT2D eigenvalue weighted by atomic mass is 35.5. The molecule has 11 heteroatoms. The molecule has 1 N–H and O–H groups in total. The first kappa shape index (κ1) is 26.6. The number of aromatic nitrogens is 3. The minimum atomic E-state index is -3.46. The van der Waals surface area contributed by atoms with Crippen LogP contribution in [0.5, 0.6) is 5.75 Å². The Morgan fingerprint density at radius 1 is 1.05 bits per heavy atom. The molecule has 190 valence electrons. The molecule has 8 nitrogen and oxygen atoms in total. The maximum atomic E-state index is 11.4. The summed E-state index contributed by atoms with van der Waals surface area (Å²) in [5.74, 6) is 0.743. The number of halogens is 2. The van der Waals surface area contributed by atoms with Gasteiger partial charge in [-0.15, -0.1) is 11.6 Å². The van der Waals surface area contributed by atoms with Gasteiger partial charge < -0.3 is 4.74 Å². The summed E-state index contributed by atoms with van der Waals surface area (Å²) < 4.78 is 30.7. The van der Waals surface area contributed by atoms with Gasteiger partial charge in [-0.2, -0.15) is 5.26 Å². The zero-order valence-corrected chi connectivity index (χ0v) is 22.6. The van der Waals surface area contributed by atoms with E-state index in [-0.39, 0.29) is 12.4 Å². The van der Waals surface area contributed by atoms with E-state index in [9.17, 15) is 13.7 Å². The summed E-state index contributed by atoms with van der Waals surface area (Å²) in [7, 11) is -3.46. The van der Waals surface area contributed by atoms with Crippen LogP contribution < -0.4 is 9.46 Å². The Morgan fingerprint density at radius 2 is 1.78 bits per heavy atom. The average molecular weight is 556 g/mol. The third-order valence-corrected chi connectivity index (χ3v) is 6.85. The molecule has 0 unspecified atom stereocenters. The molecule has 2 aromatic carbocycles. The highest BCUT2D eigenvalue weighted by molar-refractivity contribution is 7.92. The van der Waals surface area contributed by atoms with Gasteiger partial charge in [0.05, 0.1) is 28.9 Å². The molecular formula is C26H23Cl2N5O3S. The Hall–Kier alpha value is -3.45. The van der Waals surface area contributed by atoms with Crippen LogP contribution in [0.1, 0.15) is 30.5 Å². The third-order valence-electron chi connectivity index (χ3n) is 5.84. The van der Waals surface area contributed by atoms with Crippen molar-refractivity contribution in [1.82, 2.24) is 15.0 Å². The molecule has 0 fully saturated rings. The van der Waals surface area contributed by atoms with Crippen LogP contribution in [0.25, 0.3) is 22.3 Å². The molecule has 0 radical (unpaired) electrons. The fraction of sp³-hybridized carbons (Fsp3) is 0.231. The summed E-state index contributed by atoms with van der Waals surface area (Å²) in [6.07, 6.45) is 4.07. The van der Waals surface area contributed by atoms with Crippen molar-refractivity contribution in [3.63, 3.8) is 0 Å². The molecule has 0 amide bonds. The van der Waals surface area contributed by atoms with E-state index in [0.717, 1.165) is 28.5 Å². The normalized spacial score (nSPS) is 11.8. The summed E-state index contributed by atoms with van der Waals surface area (Å²) in [6, 6.07) is 15.6. The Balaban J connectivity index is 1.62. The molecule has 0 aliphatic carbocycles. The molecular weight excluding hydrogens is 533 g/mol. The summed E-state index contributed by atoms with van der Waals surface area (Å²) in [5, 5.41) is 10.0. The number of nitriles is 1. The van der Waals surface area contributed by atoms with Gasteiger partial charge >= 0.3 is 0 Å². The monoisotopic (exact) mass is 555 g/mol. The molecule has 0 atom stereocenters. The van der Waals surface area contributed by atoms with Gasteiger partial charge in [-0.05, 0) is 34.9 Å². The van der Waals surface area contributed by atoms with Crippen molar-refractivity contribution in [3.05, 3.63) is 76.6 Å². The standard InChI is InChI=1S/C26H23Cl2N5O3S/c1-26(2,20-10-17(13-29)24(21(28)12-20)36-9-8-27)19-6-4-16(5-7-19)18-11-22-25(31-14-18)32-23(15-30-22)33-37(3,34)35/h4-7,10-12,14-15H,8-9H2,1-3H3,(H,31,32,33). The zero-order chi connectivity index (χ0) is 26.8. The number of pyridine rings is 1. The number of rotatable bonds is 8. The molecule has 0 spiro atoms. The summed E-state index contributed by atoms with van der Waals surface area (Å²) in [5.41, 5.74) is 4.44. The van der Waals surface area contributed by atoms with E-state index in [1.807, 2.05) is 36.4 Å². The van der Waals surface area contributed by atoms with E-state index >= 15 is 0 Å². The molecule has 0 aliphatic heterocycles. The van der Waals surface area contributed by atoms with Gasteiger partial charge in [0.2, 0.25) is 10.0 Å².